The number of aromatic nitrogens is 1. The number of hydrogen-bond acceptors (Lipinski definition) is 3. The molecule has 2 rings (SSSR count). The molecule has 0 amide bonds. The normalized spacial score (nSPS) is 14.1. The van der Waals surface area contributed by atoms with Crippen molar-refractivity contribution in [2.24, 2.45) is 5.73 Å². The summed E-state index contributed by atoms with van der Waals surface area (Å²) in [5, 5.41) is 0. The summed E-state index contributed by atoms with van der Waals surface area (Å²) in [6.45, 7) is 3.37. The molecule has 4 heteroatoms. The van der Waals surface area contributed by atoms with Crippen LogP contribution in [0.15, 0.2) is 48.8 Å². The van der Waals surface area contributed by atoms with Gasteiger partial charge in [-0.1, -0.05) is 18.2 Å². The lowest BCUT2D eigenvalue weighted by atomic mass is 9.91. The maximum atomic E-state index is 13.3. The first-order chi connectivity index (χ1) is 10.0. The Morgan fingerprint density at radius 2 is 2.00 bits per heavy atom. The molecule has 0 aliphatic heterocycles. The van der Waals surface area contributed by atoms with Crippen LogP contribution in [0.3, 0.4) is 0 Å². The Bertz CT molecular complexity index is 573. The minimum atomic E-state index is -0.233. The quantitative estimate of drug-likeness (QED) is 0.888. The summed E-state index contributed by atoms with van der Waals surface area (Å²) < 4.78 is 13.3. The highest BCUT2D eigenvalue weighted by Crippen LogP contribution is 2.21. The smallest absolute Gasteiger partial charge is 0.123 e. The van der Waals surface area contributed by atoms with Gasteiger partial charge in [0.1, 0.15) is 5.82 Å². The minimum Gasteiger partial charge on any atom is -0.329 e. The molecule has 0 bridgehead atoms. The molecule has 0 aliphatic rings. The zero-order valence-electron chi connectivity index (χ0n) is 12.6. The predicted octanol–water partition coefficient (Wildman–Crippen LogP) is 2.61. The Labute approximate surface area is 125 Å². The largest absolute Gasteiger partial charge is 0.329 e. The molecule has 0 spiro atoms. The topological polar surface area (TPSA) is 42.2 Å². The number of likely N-dealkylation sites (N-methyl/N-ethyl adjacent to an activating group) is 1. The van der Waals surface area contributed by atoms with Crippen molar-refractivity contribution in [1.82, 2.24) is 9.88 Å². The van der Waals surface area contributed by atoms with Crippen LogP contribution in [0.5, 0.6) is 0 Å². The molecular weight excluding hydrogens is 265 g/mol. The maximum absolute atomic E-state index is 13.3. The van der Waals surface area contributed by atoms with Crippen molar-refractivity contribution in [2.45, 2.75) is 25.4 Å². The molecule has 2 aromatic rings. The highest BCUT2D eigenvalue weighted by molar-refractivity contribution is 5.19. The molecule has 1 heterocycles. The van der Waals surface area contributed by atoms with Gasteiger partial charge < -0.3 is 5.73 Å². The number of pyridine rings is 1. The van der Waals surface area contributed by atoms with Crippen LogP contribution >= 0.6 is 0 Å². The van der Waals surface area contributed by atoms with Crippen LogP contribution in [0.1, 0.15) is 18.1 Å². The minimum absolute atomic E-state index is 0.207. The van der Waals surface area contributed by atoms with Gasteiger partial charge in [0.2, 0.25) is 0 Å². The van der Waals surface area contributed by atoms with Crippen molar-refractivity contribution in [2.75, 3.05) is 13.6 Å². The van der Waals surface area contributed by atoms with E-state index in [1.165, 1.54) is 6.07 Å². The van der Waals surface area contributed by atoms with E-state index in [0.717, 1.165) is 17.7 Å². The monoisotopic (exact) mass is 287 g/mol. The molecule has 112 valence electrons. The van der Waals surface area contributed by atoms with Crippen LogP contribution in [0, 0.1) is 5.82 Å². The van der Waals surface area contributed by atoms with Gasteiger partial charge in [-0.3, -0.25) is 9.88 Å². The predicted molar refractivity (Wildman–Crippen MR) is 83.3 cm³/mol. The molecule has 0 saturated carbocycles. The Hall–Kier alpha value is -1.78. The second kappa shape index (κ2) is 6.78. The molecule has 1 unspecified atom stereocenters. The zero-order chi connectivity index (χ0) is 15.3. The van der Waals surface area contributed by atoms with Crippen molar-refractivity contribution in [3.63, 3.8) is 0 Å². The lowest BCUT2D eigenvalue weighted by molar-refractivity contribution is 0.136. The van der Waals surface area contributed by atoms with Gasteiger partial charge in [0.25, 0.3) is 0 Å². The fourth-order valence-corrected chi connectivity index (χ4v) is 2.41. The summed E-state index contributed by atoms with van der Waals surface area (Å²) in [4.78, 5) is 6.34. The summed E-state index contributed by atoms with van der Waals surface area (Å²) in [5.74, 6) is -0.207. The number of nitrogens with zero attached hydrogens (tertiary/aromatic N) is 2. The van der Waals surface area contributed by atoms with Crippen molar-refractivity contribution in [1.29, 1.82) is 0 Å². The van der Waals surface area contributed by atoms with E-state index in [1.54, 1.807) is 18.3 Å². The van der Waals surface area contributed by atoms with E-state index < -0.39 is 0 Å². The molecule has 0 aliphatic carbocycles. The number of rotatable bonds is 6. The van der Waals surface area contributed by atoms with E-state index in [0.29, 0.717) is 13.0 Å². The van der Waals surface area contributed by atoms with Crippen LogP contribution in [0.4, 0.5) is 4.39 Å². The molecule has 0 saturated heterocycles. The van der Waals surface area contributed by atoms with Gasteiger partial charge in [-0.25, -0.2) is 4.39 Å². The third-order valence-corrected chi connectivity index (χ3v) is 3.98. The molecule has 1 aromatic heterocycles. The highest BCUT2D eigenvalue weighted by Gasteiger charge is 2.28. The Morgan fingerprint density at radius 3 is 2.62 bits per heavy atom. The molecule has 1 atom stereocenters. The zero-order valence-corrected chi connectivity index (χ0v) is 12.6. The van der Waals surface area contributed by atoms with Gasteiger partial charge in [-0.05, 0) is 49.7 Å². The first-order valence-corrected chi connectivity index (χ1v) is 7.08. The average molecular weight is 287 g/mol. The van der Waals surface area contributed by atoms with Crippen LogP contribution in [-0.4, -0.2) is 29.0 Å². The van der Waals surface area contributed by atoms with Gasteiger partial charge in [0.15, 0.2) is 0 Å². The molecule has 2 N–H and O–H groups in total. The fraction of sp³-hybridized carbons (Fsp3) is 0.353. The van der Waals surface area contributed by atoms with Gasteiger partial charge in [-0.15, -0.1) is 0 Å². The summed E-state index contributed by atoms with van der Waals surface area (Å²) in [7, 11) is 2.04. The van der Waals surface area contributed by atoms with E-state index in [2.05, 4.69) is 16.8 Å². The molecule has 0 radical (unpaired) electrons. The van der Waals surface area contributed by atoms with Crippen LogP contribution < -0.4 is 5.73 Å². The third-order valence-electron chi connectivity index (χ3n) is 3.98. The lowest BCUT2D eigenvalue weighted by Crippen LogP contribution is -2.50. The Balaban J connectivity index is 2.12. The van der Waals surface area contributed by atoms with Crippen LogP contribution in [0.2, 0.25) is 0 Å². The fourth-order valence-electron chi connectivity index (χ4n) is 2.41. The summed E-state index contributed by atoms with van der Waals surface area (Å²) in [5.41, 5.74) is 7.86. The second-order valence-electron chi connectivity index (χ2n) is 5.73. The van der Waals surface area contributed by atoms with Crippen LogP contribution in [-0.2, 0) is 13.0 Å². The molecule has 0 fully saturated rings. The highest BCUT2D eigenvalue weighted by atomic mass is 19.1. The number of benzene rings is 1. The van der Waals surface area contributed by atoms with Gasteiger partial charge in [0, 0.05) is 31.0 Å². The standard InChI is InChI=1S/C17H22FN3/c1-17(13-19,10-14-5-3-7-16(18)9-14)21(2)12-15-6-4-8-20-11-15/h3-9,11H,10,12-13,19H2,1-2H3. The van der Waals surface area contributed by atoms with Crippen LogP contribution in [0.25, 0.3) is 0 Å². The van der Waals surface area contributed by atoms with E-state index in [1.807, 2.05) is 31.4 Å². The number of hydrogen-bond donors (Lipinski definition) is 1. The van der Waals surface area contributed by atoms with Crippen molar-refractivity contribution < 1.29 is 4.39 Å². The number of halogens is 1. The van der Waals surface area contributed by atoms with Gasteiger partial charge >= 0.3 is 0 Å². The van der Waals surface area contributed by atoms with Crippen molar-refractivity contribution >= 4 is 0 Å². The van der Waals surface area contributed by atoms with Crippen molar-refractivity contribution in [3.8, 4) is 0 Å². The molecule has 21 heavy (non-hydrogen) atoms. The van der Waals surface area contributed by atoms with E-state index >= 15 is 0 Å². The van der Waals surface area contributed by atoms with E-state index in [-0.39, 0.29) is 11.4 Å². The summed E-state index contributed by atoms with van der Waals surface area (Å²) in [6, 6.07) is 10.7. The molecular formula is C17H22FN3. The molecule has 3 nitrogen and oxygen atoms in total. The van der Waals surface area contributed by atoms with Crippen molar-refractivity contribution in [3.05, 3.63) is 65.7 Å². The average Bonchev–Trinajstić information content (AvgIpc) is 2.48. The van der Waals surface area contributed by atoms with Gasteiger partial charge in [0.05, 0.1) is 0 Å². The second-order valence-corrected chi connectivity index (χ2v) is 5.73. The van der Waals surface area contributed by atoms with E-state index in [4.69, 9.17) is 5.73 Å². The first-order valence-electron chi connectivity index (χ1n) is 7.08. The lowest BCUT2D eigenvalue weighted by Gasteiger charge is -2.38. The van der Waals surface area contributed by atoms with E-state index in [9.17, 15) is 4.39 Å². The van der Waals surface area contributed by atoms with Gasteiger partial charge in [-0.2, -0.15) is 0 Å². The maximum Gasteiger partial charge on any atom is 0.123 e. The number of nitrogens with two attached hydrogens (primary N) is 1. The summed E-state index contributed by atoms with van der Waals surface area (Å²) >= 11 is 0. The summed E-state index contributed by atoms with van der Waals surface area (Å²) in [6.07, 6.45) is 4.33. The Morgan fingerprint density at radius 1 is 1.24 bits per heavy atom. The SMILES string of the molecule is CN(Cc1cccnc1)C(C)(CN)Cc1cccc(F)c1. The third kappa shape index (κ3) is 4.09. The molecule has 1 aromatic carbocycles. The Kier molecular flexibility index (Phi) is 5.04. The first kappa shape index (κ1) is 15.6.